The summed E-state index contributed by atoms with van der Waals surface area (Å²) in [6, 6.07) is 2.26. The smallest absolute Gasteiger partial charge is 0.430 e. The lowest BCUT2D eigenvalue weighted by Gasteiger charge is -1.97. The van der Waals surface area contributed by atoms with Gasteiger partial charge in [-0.3, -0.25) is 0 Å². The van der Waals surface area contributed by atoms with Gasteiger partial charge in [-0.05, 0) is 28.1 Å². The number of oxazole rings is 1. The third-order valence-electron chi connectivity index (χ3n) is 1.69. The van der Waals surface area contributed by atoms with Gasteiger partial charge in [0.15, 0.2) is 11.4 Å². The van der Waals surface area contributed by atoms with Gasteiger partial charge in [0, 0.05) is 4.47 Å². The van der Waals surface area contributed by atoms with Gasteiger partial charge in [-0.15, -0.1) is 0 Å². The van der Waals surface area contributed by atoms with Gasteiger partial charge < -0.3 is 4.42 Å². The van der Waals surface area contributed by atoms with Crippen molar-refractivity contribution in [1.82, 2.24) is 4.98 Å². The van der Waals surface area contributed by atoms with Crippen molar-refractivity contribution in [2.45, 2.75) is 6.18 Å². The summed E-state index contributed by atoms with van der Waals surface area (Å²) in [5.74, 6) is -2.33. The molecule has 15 heavy (non-hydrogen) atoms. The lowest BCUT2D eigenvalue weighted by molar-refractivity contribution is -0.156. The molecule has 1 aromatic carbocycles. The van der Waals surface area contributed by atoms with Crippen LogP contribution in [0.1, 0.15) is 5.89 Å². The summed E-state index contributed by atoms with van der Waals surface area (Å²) < 4.78 is 54.2. The number of nitrogens with zero attached hydrogens (tertiary/aromatic N) is 1. The fraction of sp³-hybridized carbons (Fsp3) is 0.125. The van der Waals surface area contributed by atoms with Crippen molar-refractivity contribution in [1.29, 1.82) is 0 Å². The van der Waals surface area contributed by atoms with Gasteiger partial charge in [-0.25, -0.2) is 9.37 Å². The van der Waals surface area contributed by atoms with Crippen molar-refractivity contribution >= 4 is 27.0 Å². The van der Waals surface area contributed by atoms with E-state index in [9.17, 15) is 17.6 Å². The second kappa shape index (κ2) is 3.19. The van der Waals surface area contributed by atoms with E-state index in [-0.39, 0.29) is 9.99 Å². The summed E-state index contributed by atoms with van der Waals surface area (Å²) in [4.78, 5) is 3.17. The van der Waals surface area contributed by atoms with Crippen molar-refractivity contribution in [3.8, 4) is 0 Å². The second-order valence-corrected chi connectivity index (χ2v) is 3.58. The van der Waals surface area contributed by atoms with Gasteiger partial charge in [0.2, 0.25) is 0 Å². The average Bonchev–Trinajstić information content (AvgIpc) is 2.56. The standard InChI is InChI=1S/C8H2BrF4NO/c9-3-1-2-4(10)6-5(3)14-7(15-6)8(11,12)13/h1-2H. The number of hydrogen-bond donors (Lipinski definition) is 0. The lowest BCUT2D eigenvalue weighted by Crippen LogP contribution is -2.04. The van der Waals surface area contributed by atoms with Crippen molar-refractivity contribution in [2.24, 2.45) is 0 Å². The number of alkyl halides is 3. The highest BCUT2D eigenvalue weighted by Gasteiger charge is 2.38. The van der Waals surface area contributed by atoms with Crippen LogP contribution in [0.2, 0.25) is 0 Å². The second-order valence-electron chi connectivity index (χ2n) is 2.72. The Balaban J connectivity index is 2.76. The Morgan fingerprint density at radius 2 is 1.93 bits per heavy atom. The van der Waals surface area contributed by atoms with E-state index in [4.69, 9.17) is 0 Å². The van der Waals surface area contributed by atoms with Crippen molar-refractivity contribution in [3.63, 3.8) is 0 Å². The summed E-state index contributed by atoms with van der Waals surface area (Å²) in [6.45, 7) is 0. The normalized spacial score (nSPS) is 12.3. The first kappa shape index (κ1) is 10.4. The summed E-state index contributed by atoms with van der Waals surface area (Å²) in [6.07, 6.45) is -4.72. The molecule has 0 saturated heterocycles. The van der Waals surface area contributed by atoms with E-state index in [1.165, 1.54) is 6.07 Å². The highest BCUT2D eigenvalue weighted by molar-refractivity contribution is 9.10. The SMILES string of the molecule is Fc1ccc(Br)c2nc(C(F)(F)F)oc12. The zero-order valence-corrected chi connectivity index (χ0v) is 8.49. The number of fused-ring (bicyclic) bond motifs is 1. The van der Waals surface area contributed by atoms with E-state index in [2.05, 4.69) is 25.3 Å². The fourth-order valence-electron chi connectivity index (χ4n) is 1.07. The third-order valence-corrected chi connectivity index (χ3v) is 2.33. The maximum atomic E-state index is 13.0. The predicted octanol–water partition coefficient (Wildman–Crippen LogP) is 3.75. The highest BCUT2D eigenvalue weighted by Crippen LogP contribution is 2.34. The molecule has 0 aliphatic carbocycles. The van der Waals surface area contributed by atoms with E-state index >= 15 is 0 Å². The van der Waals surface area contributed by atoms with Crippen LogP contribution >= 0.6 is 15.9 Å². The van der Waals surface area contributed by atoms with Crippen molar-refractivity contribution < 1.29 is 22.0 Å². The van der Waals surface area contributed by atoms with Crippen LogP contribution in [0, 0.1) is 5.82 Å². The van der Waals surface area contributed by atoms with Crippen LogP contribution < -0.4 is 0 Å². The van der Waals surface area contributed by atoms with Crippen LogP contribution in [0.5, 0.6) is 0 Å². The Morgan fingerprint density at radius 1 is 1.27 bits per heavy atom. The molecule has 0 amide bonds. The van der Waals surface area contributed by atoms with E-state index < -0.39 is 23.5 Å². The first-order valence-electron chi connectivity index (χ1n) is 3.71. The Morgan fingerprint density at radius 3 is 2.47 bits per heavy atom. The molecule has 7 heteroatoms. The van der Waals surface area contributed by atoms with Crippen molar-refractivity contribution in [3.05, 3.63) is 28.3 Å². The number of hydrogen-bond acceptors (Lipinski definition) is 2. The number of rotatable bonds is 0. The molecule has 80 valence electrons. The van der Waals surface area contributed by atoms with Gasteiger partial charge in [0.25, 0.3) is 0 Å². The fourth-order valence-corrected chi connectivity index (χ4v) is 1.47. The molecule has 1 aromatic heterocycles. The summed E-state index contributed by atoms with van der Waals surface area (Å²) in [5.41, 5.74) is -0.681. The van der Waals surface area contributed by atoms with Gasteiger partial charge in [0.1, 0.15) is 5.52 Å². The summed E-state index contributed by atoms with van der Waals surface area (Å²) in [5, 5.41) is 0. The largest absolute Gasteiger partial charge is 0.468 e. The molecular weight excluding hydrogens is 282 g/mol. The third kappa shape index (κ3) is 1.71. The van der Waals surface area contributed by atoms with Crippen LogP contribution in [0.3, 0.4) is 0 Å². The monoisotopic (exact) mass is 283 g/mol. The first-order valence-corrected chi connectivity index (χ1v) is 4.50. The molecule has 0 N–H and O–H groups in total. The Hall–Kier alpha value is -1.11. The Bertz CT molecular complexity index is 480. The van der Waals surface area contributed by atoms with Crippen LogP contribution in [0.4, 0.5) is 17.6 Å². The minimum atomic E-state index is -4.72. The molecule has 0 unspecified atom stereocenters. The molecule has 0 bridgehead atoms. The van der Waals surface area contributed by atoms with E-state index in [0.29, 0.717) is 0 Å². The molecule has 0 radical (unpaired) electrons. The zero-order chi connectivity index (χ0) is 11.2. The molecule has 2 nitrogen and oxygen atoms in total. The van der Waals surface area contributed by atoms with Gasteiger partial charge in [-0.1, -0.05) is 0 Å². The number of benzene rings is 1. The highest BCUT2D eigenvalue weighted by atomic mass is 79.9. The van der Waals surface area contributed by atoms with Crippen LogP contribution in [-0.4, -0.2) is 4.98 Å². The quantitative estimate of drug-likeness (QED) is 0.689. The van der Waals surface area contributed by atoms with E-state index in [1.54, 1.807) is 0 Å². The molecule has 0 fully saturated rings. The maximum Gasteiger partial charge on any atom is 0.468 e. The van der Waals surface area contributed by atoms with Gasteiger partial charge in [-0.2, -0.15) is 13.2 Å². The average molecular weight is 284 g/mol. The van der Waals surface area contributed by atoms with Crippen molar-refractivity contribution in [2.75, 3.05) is 0 Å². The lowest BCUT2D eigenvalue weighted by atomic mass is 10.3. The maximum absolute atomic E-state index is 13.0. The molecule has 2 rings (SSSR count). The minimum absolute atomic E-state index is 0.178. The van der Waals surface area contributed by atoms with E-state index in [1.807, 2.05) is 0 Å². The molecule has 2 aromatic rings. The molecule has 0 spiro atoms. The van der Waals surface area contributed by atoms with Crippen LogP contribution in [-0.2, 0) is 6.18 Å². The molecular formula is C8H2BrF4NO. The topological polar surface area (TPSA) is 26.0 Å². The molecule has 1 heterocycles. The van der Waals surface area contributed by atoms with E-state index in [0.717, 1.165) is 6.07 Å². The Kier molecular flexibility index (Phi) is 2.22. The van der Waals surface area contributed by atoms with Crippen LogP contribution in [0.15, 0.2) is 21.0 Å². The molecule has 0 aliphatic heterocycles. The number of halogens is 5. The molecule has 0 atom stereocenters. The summed E-state index contributed by atoms with van der Waals surface area (Å²) in [7, 11) is 0. The molecule has 0 saturated carbocycles. The zero-order valence-electron chi connectivity index (χ0n) is 6.90. The minimum Gasteiger partial charge on any atom is -0.430 e. The van der Waals surface area contributed by atoms with Crippen LogP contribution in [0.25, 0.3) is 11.1 Å². The Labute approximate surface area is 89.0 Å². The summed E-state index contributed by atoms with van der Waals surface area (Å²) >= 11 is 2.95. The predicted molar refractivity (Wildman–Crippen MR) is 46.7 cm³/mol. The molecule has 0 aliphatic rings. The number of aromatic nitrogens is 1. The van der Waals surface area contributed by atoms with Gasteiger partial charge >= 0.3 is 12.1 Å². The first-order chi connectivity index (χ1) is 6.89. The van der Waals surface area contributed by atoms with Gasteiger partial charge in [0.05, 0.1) is 0 Å².